The maximum atomic E-state index is 10.9. The fourth-order valence-corrected chi connectivity index (χ4v) is 1.84. The summed E-state index contributed by atoms with van der Waals surface area (Å²) in [7, 11) is 0. The summed E-state index contributed by atoms with van der Waals surface area (Å²) in [4.78, 5) is 21.6. The zero-order valence-electron chi connectivity index (χ0n) is 13.2. The van der Waals surface area contributed by atoms with Crippen molar-refractivity contribution in [3.63, 3.8) is 0 Å². The summed E-state index contributed by atoms with van der Waals surface area (Å²) < 4.78 is 15.0. The highest BCUT2D eigenvalue weighted by Crippen LogP contribution is 2.22. The van der Waals surface area contributed by atoms with Gasteiger partial charge in [0.05, 0.1) is 6.61 Å². The molecule has 0 aromatic heterocycles. The van der Waals surface area contributed by atoms with Crippen molar-refractivity contribution in [2.24, 2.45) is 0 Å². The Hall–Kier alpha value is -1.96. The first-order valence-electron chi connectivity index (χ1n) is 7.19. The average molecular weight is 326 g/mol. The first kappa shape index (κ1) is 19.1. The normalized spacial score (nSPS) is 14.6. The highest BCUT2D eigenvalue weighted by atomic mass is 16.6. The molecule has 1 aromatic rings. The van der Waals surface area contributed by atoms with E-state index < -0.39 is 30.3 Å². The minimum atomic E-state index is -1.10. The molecule has 0 aliphatic carbocycles. The number of hydrogen-bond acceptors (Lipinski definition) is 7. The Morgan fingerprint density at radius 3 is 2.09 bits per heavy atom. The maximum Gasteiger partial charge on any atom is 0.302 e. The third-order valence-electron chi connectivity index (χ3n) is 2.88. The summed E-state index contributed by atoms with van der Waals surface area (Å²) in [5, 5.41) is 19.9. The van der Waals surface area contributed by atoms with Crippen molar-refractivity contribution >= 4 is 11.9 Å². The predicted octanol–water partition coefficient (Wildman–Crippen LogP) is 0.592. The van der Waals surface area contributed by atoms with E-state index in [1.54, 1.807) is 24.3 Å². The van der Waals surface area contributed by atoms with E-state index in [0.29, 0.717) is 5.56 Å². The number of carbonyl (C=O) groups excluding carboxylic acids is 2. The lowest BCUT2D eigenvalue weighted by atomic mass is 10.0. The second kappa shape index (κ2) is 9.94. The van der Waals surface area contributed by atoms with Gasteiger partial charge >= 0.3 is 11.9 Å². The van der Waals surface area contributed by atoms with Crippen LogP contribution >= 0.6 is 0 Å². The Bertz CT molecular complexity index is 488. The highest BCUT2D eigenvalue weighted by Gasteiger charge is 2.24. The van der Waals surface area contributed by atoms with Gasteiger partial charge in [-0.1, -0.05) is 30.3 Å². The lowest BCUT2D eigenvalue weighted by molar-refractivity contribution is -0.151. The van der Waals surface area contributed by atoms with Crippen molar-refractivity contribution in [3.05, 3.63) is 35.9 Å². The molecule has 3 unspecified atom stereocenters. The van der Waals surface area contributed by atoms with E-state index in [9.17, 15) is 19.8 Å². The lowest BCUT2D eigenvalue weighted by Crippen LogP contribution is -2.31. The van der Waals surface area contributed by atoms with Crippen LogP contribution in [0.5, 0.6) is 0 Å². The zero-order chi connectivity index (χ0) is 17.2. The van der Waals surface area contributed by atoms with Crippen LogP contribution in [0.25, 0.3) is 0 Å². The van der Waals surface area contributed by atoms with Crippen molar-refractivity contribution in [3.8, 4) is 0 Å². The first-order valence-corrected chi connectivity index (χ1v) is 7.19. The summed E-state index contributed by atoms with van der Waals surface area (Å²) >= 11 is 0. The summed E-state index contributed by atoms with van der Waals surface area (Å²) in [6, 6.07) is 8.87. The van der Waals surface area contributed by atoms with Crippen LogP contribution in [0, 0.1) is 0 Å². The smallest absolute Gasteiger partial charge is 0.302 e. The fraction of sp³-hybridized carbons (Fsp3) is 0.500. The fourth-order valence-electron chi connectivity index (χ4n) is 1.84. The molecule has 23 heavy (non-hydrogen) atoms. The van der Waals surface area contributed by atoms with E-state index in [1.807, 2.05) is 6.07 Å². The van der Waals surface area contributed by atoms with Crippen molar-refractivity contribution in [1.29, 1.82) is 0 Å². The molecule has 7 heteroatoms. The molecule has 0 fully saturated rings. The molecule has 2 N–H and O–H groups in total. The second-order valence-corrected chi connectivity index (χ2v) is 4.99. The third-order valence-corrected chi connectivity index (χ3v) is 2.88. The Kier molecular flexibility index (Phi) is 8.25. The van der Waals surface area contributed by atoms with E-state index in [4.69, 9.17) is 9.47 Å². The molecule has 0 saturated carbocycles. The van der Waals surface area contributed by atoms with Gasteiger partial charge in [-0.15, -0.1) is 0 Å². The molecule has 0 aliphatic heterocycles. The highest BCUT2D eigenvalue weighted by molar-refractivity contribution is 5.66. The van der Waals surface area contributed by atoms with Gasteiger partial charge in [-0.2, -0.15) is 0 Å². The van der Waals surface area contributed by atoms with E-state index in [1.165, 1.54) is 13.8 Å². The molecule has 128 valence electrons. The van der Waals surface area contributed by atoms with Gasteiger partial charge < -0.3 is 24.4 Å². The Labute approximate surface area is 134 Å². The molecule has 0 amide bonds. The number of ether oxygens (including phenoxy) is 3. The number of aliphatic hydroxyl groups is 2. The SMILES string of the molecule is CC(=O)OCC(O)COC(c1ccccc1)C(O)COC(C)=O. The molecule has 0 saturated heterocycles. The molecular weight excluding hydrogens is 304 g/mol. The Balaban J connectivity index is 2.64. The third kappa shape index (κ3) is 7.73. The largest absolute Gasteiger partial charge is 0.463 e. The molecule has 0 heterocycles. The monoisotopic (exact) mass is 326 g/mol. The van der Waals surface area contributed by atoms with E-state index in [2.05, 4.69) is 4.74 Å². The molecule has 0 aliphatic rings. The molecule has 0 radical (unpaired) electrons. The van der Waals surface area contributed by atoms with Crippen LogP contribution in [-0.4, -0.2) is 54.2 Å². The van der Waals surface area contributed by atoms with Crippen LogP contribution in [-0.2, 0) is 23.8 Å². The number of benzene rings is 1. The number of carbonyl (C=O) groups is 2. The van der Waals surface area contributed by atoms with Gasteiger partial charge in [0.1, 0.15) is 31.5 Å². The van der Waals surface area contributed by atoms with Crippen LogP contribution in [0.15, 0.2) is 30.3 Å². The molecular formula is C16H22O7. The molecule has 1 rings (SSSR count). The van der Waals surface area contributed by atoms with Crippen LogP contribution in [0.4, 0.5) is 0 Å². The molecule has 7 nitrogen and oxygen atoms in total. The Morgan fingerprint density at radius 2 is 1.52 bits per heavy atom. The van der Waals surface area contributed by atoms with Crippen molar-refractivity contribution in [2.75, 3.05) is 19.8 Å². The molecule has 0 spiro atoms. The second-order valence-electron chi connectivity index (χ2n) is 4.99. The van der Waals surface area contributed by atoms with Gasteiger partial charge in [0.15, 0.2) is 0 Å². The Morgan fingerprint density at radius 1 is 0.957 bits per heavy atom. The predicted molar refractivity (Wildman–Crippen MR) is 80.4 cm³/mol. The minimum Gasteiger partial charge on any atom is -0.463 e. The van der Waals surface area contributed by atoms with Crippen molar-refractivity contribution in [1.82, 2.24) is 0 Å². The number of rotatable bonds is 9. The van der Waals surface area contributed by atoms with E-state index >= 15 is 0 Å². The lowest BCUT2D eigenvalue weighted by Gasteiger charge is -2.24. The summed E-state index contributed by atoms with van der Waals surface area (Å²) in [5.41, 5.74) is 0.673. The number of esters is 2. The molecule has 3 atom stereocenters. The quantitative estimate of drug-likeness (QED) is 0.640. The number of hydrogen-bond donors (Lipinski definition) is 2. The van der Waals surface area contributed by atoms with Crippen molar-refractivity contribution in [2.45, 2.75) is 32.2 Å². The first-order chi connectivity index (χ1) is 10.9. The van der Waals surface area contributed by atoms with Crippen LogP contribution in [0.2, 0.25) is 0 Å². The van der Waals surface area contributed by atoms with Crippen LogP contribution < -0.4 is 0 Å². The van der Waals surface area contributed by atoms with E-state index in [-0.39, 0.29) is 19.8 Å². The zero-order valence-corrected chi connectivity index (χ0v) is 13.2. The standard InChI is InChI=1S/C16H22O7/c1-11(17)21-8-14(19)9-23-16(13-6-4-3-5-7-13)15(20)10-22-12(2)18/h3-7,14-16,19-20H,8-10H2,1-2H3. The molecule has 0 bridgehead atoms. The van der Waals surface area contributed by atoms with Gasteiger partial charge in [0.2, 0.25) is 0 Å². The van der Waals surface area contributed by atoms with Gasteiger partial charge in [-0.05, 0) is 5.56 Å². The van der Waals surface area contributed by atoms with Gasteiger partial charge in [-0.25, -0.2) is 0 Å². The number of aliphatic hydroxyl groups excluding tert-OH is 2. The van der Waals surface area contributed by atoms with Gasteiger partial charge in [0, 0.05) is 13.8 Å². The van der Waals surface area contributed by atoms with E-state index in [0.717, 1.165) is 0 Å². The maximum absolute atomic E-state index is 10.9. The molecule has 1 aromatic carbocycles. The van der Waals surface area contributed by atoms with Crippen molar-refractivity contribution < 1.29 is 34.0 Å². The summed E-state index contributed by atoms with van der Waals surface area (Å²) in [6.45, 7) is 1.91. The van der Waals surface area contributed by atoms with Crippen LogP contribution in [0.3, 0.4) is 0 Å². The average Bonchev–Trinajstić information content (AvgIpc) is 2.52. The topological polar surface area (TPSA) is 102 Å². The van der Waals surface area contributed by atoms with Gasteiger partial charge in [-0.3, -0.25) is 9.59 Å². The summed E-state index contributed by atoms with van der Waals surface area (Å²) in [6.07, 6.45) is -2.91. The van der Waals surface area contributed by atoms with Crippen LogP contribution in [0.1, 0.15) is 25.5 Å². The summed E-state index contributed by atoms with van der Waals surface area (Å²) in [5.74, 6) is -1.01. The van der Waals surface area contributed by atoms with Gasteiger partial charge in [0.25, 0.3) is 0 Å². The minimum absolute atomic E-state index is 0.149.